The van der Waals surface area contributed by atoms with E-state index in [2.05, 4.69) is 0 Å². The van der Waals surface area contributed by atoms with Crippen LogP contribution in [0.15, 0.2) is 24.3 Å². The van der Waals surface area contributed by atoms with E-state index in [1.54, 1.807) is 13.8 Å². The van der Waals surface area contributed by atoms with E-state index in [4.69, 9.17) is 4.74 Å². The van der Waals surface area contributed by atoms with Gasteiger partial charge in [-0.15, -0.1) is 0 Å². The van der Waals surface area contributed by atoms with Crippen LogP contribution in [0.5, 0.6) is 5.75 Å². The standard InChI is InChI=1S/C12H17NO3/c1-4-16-11-7-5-10(6-8-11)9-12(2,3)13(14)15/h5-8H,4,9H2,1-3H3. The van der Waals surface area contributed by atoms with Crippen LogP contribution >= 0.6 is 0 Å². The van der Waals surface area contributed by atoms with Gasteiger partial charge in [0.25, 0.3) is 0 Å². The predicted octanol–water partition coefficient (Wildman–Crippen LogP) is 2.68. The van der Waals surface area contributed by atoms with Crippen LogP contribution < -0.4 is 4.74 Å². The van der Waals surface area contributed by atoms with E-state index in [1.807, 2.05) is 31.2 Å². The monoisotopic (exact) mass is 223 g/mol. The number of hydrogen-bond acceptors (Lipinski definition) is 3. The first-order chi connectivity index (χ1) is 7.45. The molecule has 0 bridgehead atoms. The fraction of sp³-hybridized carbons (Fsp3) is 0.500. The van der Waals surface area contributed by atoms with E-state index >= 15 is 0 Å². The van der Waals surface area contributed by atoms with Crippen LogP contribution in [0.4, 0.5) is 0 Å². The Hall–Kier alpha value is -1.58. The van der Waals surface area contributed by atoms with Gasteiger partial charge in [-0.25, -0.2) is 0 Å². The smallest absolute Gasteiger partial charge is 0.220 e. The van der Waals surface area contributed by atoms with Gasteiger partial charge in [0.2, 0.25) is 5.54 Å². The molecule has 0 unspecified atom stereocenters. The summed E-state index contributed by atoms with van der Waals surface area (Å²) in [6, 6.07) is 7.43. The van der Waals surface area contributed by atoms with Gasteiger partial charge in [0, 0.05) is 25.2 Å². The molecule has 0 heterocycles. The molecule has 1 aromatic rings. The van der Waals surface area contributed by atoms with Gasteiger partial charge in [-0.2, -0.15) is 0 Å². The van der Waals surface area contributed by atoms with Gasteiger partial charge in [0.1, 0.15) is 5.75 Å². The maximum Gasteiger partial charge on any atom is 0.220 e. The molecule has 16 heavy (non-hydrogen) atoms. The molecule has 0 saturated heterocycles. The topological polar surface area (TPSA) is 52.4 Å². The largest absolute Gasteiger partial charge is 0.494 e. The highest BCUT2D eigenvalue weighted by Gasteiger charge is 2.30. The van der Waals surface area contributed by atoms with Crippen molar-refractivity contribution in [3.05, 3.63) is 39.9 Å². The lowest BCUT2D eigenvalue weighted by Crippen LogP contribution is -2.33. The summed E-state index contributed by atoms with van der Waals surface area (Å²) in [7, 11) is 0. The highest BCUT2D eigenvalue weighted by atomic mass is 16.6. The molecule has 0 atom stereocenters. The molecule has 0 spiro atoms. The Morgan fingerprint density at radius 3 is 2.31 bits per heavy atom. The van der Waals surface area contributed by atoms with Gasteiger partial charge in [-0.1, -0.05) is 12.1 Å². The van der Waals surface area contributed by atoms with Gasteiger partial charge in [0.15, 0.2) is 0 Å². The number of benzene rings is 1. The number of rotatable bonds is 5. The predicted molar refractivity (Wildman–Crippen MR) is 62.4 cm³/mol. The first-order valence-electron chi connectivity index (χ1n) is 5.32. The molecule has 4 nitrogen and oxygen atoms in total. The van der Waals surface area contributed by atoms with Crippen molar-refractivity contribution < 1.29 is 9.66 Å². The Labute approximate surface area is 95.4 Å². The molecule has 1 rings (SSSR count). The zero-order valence-electron chi connectivity index (χ0n) is 9.90. The van der Waals surface area contributed by atoms with E-state index in [1.165, 1.54) is 0 Å². The Kier molecular flexibility index (Phi) is 3.88. The van der Waals surface area contributed by atoms with Crippen LogP contribution in [0.25, 0.3) is 0 Å². The lowest BCUT2D eigenvalue weighted by molar-refractivity contribution is -0.560. The zero-order chi connectivity index (χ0) is 12.2. The molecule has 1 aromatic carbocycles. The first-order valence-corrected chi connectivity index (χ1v) is 5.32. The van der Waals surface area contributed by atoms with Crippen molar-refractivity contribution in [1.82, 2.24) is 0 Å². The van der Waals surface area contributed by atoms with Gasteiger partial charge >= 0.3 is 0 Å². The molecule has 0 fully saturated rings. The molecule has 0 aliphatic rings. The Balaban J connectivity index is 2.72. The van der Waals surface area contributed by atoms with Crippen molar-refractivity contribution in [2.75, 3.05) is 6.61 Å². The lowest BCUT2D eigenvalue weighted by Gasteiger charge is -2.15. The fourth-order valence-corrected chi connectivity index (χ4v) is 1.43. The van der Waals surface area contributed by atoms with E-state index in [0.29, 0.717) is 13.0 Å². The van der Waals surface area contributed by atoms with Crippen LogP contribution in [-0.4, -0.2) is 17.1 Å². The molecule has 0 saturated carbocycles. The lowest BCUT2D eigenvalue weighted by atomic mass is 9.96. The molecule has 4 heteroatoms. The number of nitro groups is 1. The third kappa shape index (κ3) is 3.22. The van der Waals surface area contributed by atoms with Crippen molar-refractivity contribution in [2.24, 2.45) is 0 Å². The fourth-order valence-electron chi connectivity index (χ4n) is 1.43. The second-order valence-corrected chi connectivity index (χ2v) is 4.32. The minimum atomic E-state index is -0.923. The minimum Gasteiger partial charge on any atom is -0.494 e. The molecular formula is C12H17NO3. The summed E-state index contributed by atoms with van der Waals surface area (Å²) < 4.78 is 5.30. The third-order valence-electron chi connectivity index (χ3n) is 2.37. The van der Waals surface area contributed by atoms with Crippen LogP contribution in [0.1, 0.15) is 26.3 Å². The molecule has 0 radical (unpaired) electrons. The van der Waals surface area contributed by atoms with E-state index in [-0.39, 0.29) is 4.92 Å². The molecule has 0 amide bonds. The number of ether oxygens (including phenoxy) is 1. The summed E-state index contributed by atoms with van der Waals surface area (Å²) in [6.07, 6.45) is 0.423. The van der Waals surface area contributed by atoms with Gasteiger partial charge in [-0.05, 0) is 24.6 Å². The number of nitrogens with zero attached hydrogens (tertiary/aromatic N) is 1. The third-order valence-corrected chi connectivity index (χ3v) is 2.37. The van der Waals surface area contributed by atoms with Crippen molar-refractivity contribution in [3.63, 3.8) is 0 Å². The van der Waals surface area contributed by atoms with Gasteiger partial charge in [-0.3, -0.25) is 10.1 Å². The van der Waals surface area contributed by atoms with Gasteiger partial charge in [0.05, 0.1) is 6.61 Å². The molecule has 0 aliphatic carbocycles. The van der Waals surface area contributed by atoms with E-state index in [9.17, 15) is 10.1 Å². The van der Waals surface area contributed by atoms with Crippen LogP contribution in [0.3, 0.4) is 0 Å². The van der Waals surface area contributed by atoms with E-state index < -0.39 is 5.54 Å². The zero-order valence-corrected chi connectivity index (χ0v) is 9.90. The molecule has 0 aliphatic heterocycles. The van der Waals surface area contributed by atoms with Crippen molar-refractivity contribution in [3.8, 4) is 5.75 Å². The first kappa shape index (κ1) is 12.5. The Morgan fingerprint density at radius 1 is 1.31 bits per heavy atom. The molecule has 88 valence electrons. The van der Waals surface area contributed by atoms with Crippen LogP contribution in [0.2, 0.25) is 0 Å². The Morgan fingerprint density at radius 2 is 1.88 bits per heavy atom. The molecule has 0 aromatic heterocycles. The van der Waals surface area contributed by atoms with Crippen molar-refractivity contribution in [2.45, 2.75) is 32.7 Å². The average Bonchev–Trinajstić information content (AvgIpc) is 2.21. The maximum absolute atomic E-state index is 10.8. The number of hydrogen-bond donors (Lipinski definition) is 0. The van der Waals surface area contributed by atoms with Crippen LogP contribution in [0, 0.1) is 10.1 Å². The summed E-state index contributed by atoms with van der Waals surface area (Å²) in [4.78, 5) is 10.5. The normalized spacial score (nSPS) is 11.2. The second-order valence-electron chi connectivity index (χ2n) is 4.32. The highest BCUT2D eigenvalue weighted by molar-refractivity contribution is 5.28. The van der Waals surface area contributed by atoms with Crippen LogP contribution in [-0.2, 0) is 6.42 Å². The summed E-state index contributed by atoms with van der Waals surface area (Å²) in [6.45, 7) is 5.80. The summed E-state index contributed by atoms with van der Waals surface area (Å²) in [5.74, 6) is 0.796. The SMILES string of the molecule is CCOc1ccc(CC(C)(C)[N+](=O)[O-])cc1. The average molecular weight is 223 g/mol. The minimum absolute atomic E-state index is 0.247. The van der Waals surface area contributed by atoms with Crippen molar-refractivity contribution >= 4 is 0 Å². The Bertz CT molecular complexity index is 357. The summed E-state index contributed by atoms with van der Waals surface area (Å²) in [5, 5.41) is 10.8. The second kappa shape index (κ2) is 4.96. The highest BCUT2D eigenvalue weighted by Crippen LogP contribution is 2.18. The summed E-state index contributed by atoms with van der Waals surface area (Å²) >= 11 is 0. The quantitative estimate of drug-likeness (QED) is 0.569. The maximum atomic E-state index is 10.8. The van der Waals surface area contributed by atoms with Crippen molar-refractivity contribution in [1.29, 1.82) is 0 Å². The molecule has 0 N–H and O–H groups in total. The van der Waals surface area contributed by atoms with E-state index in [0.717, 1.165) is 11.3 Å². The van der Waals surface area contributed by atoms with Gasteiger partial charge < -0.3 is 4.74 Å². The summed E-state index contributed by atoms with van der Waals surface area (Å²) in [5.41, 5.74) is 0.0257. The molecular weight excluding hydrogens is 206 g/mol.